The van der Waals surface area contributed by atoms with Crippen LogP contribution in [-0.2, 0) is 10.2 Å². The molecule has 0 bridgehead atoms. The highest BCUT2D eigenvalue weighted by Gasteiger charge is 2.31. The van der Waals surface area contributed by atoms with Crippen molar-refractivity contribution in [2.24, 2.45) is 0 Å². The van der Waals surface area contributed by atoms with E-state index in [1.807, 2.05) is 0 Å². The van der Waals surface area contributed by atoms with E-state index < -0.39 is 10.2 Å². The highest BCUT2D eigenvalue weighted by Crippen LogP contribution is 2.26. The van der Waals surface area contributed by atoms with Crippen molar-refractivity contribution in [2.75, 3.05) is 27.2 Å². The van der Waals surface area contributed by atoms with Crippen LogP contribution in [0.5, 0.6) is 0 Å². The predicted molar refractivity (Wildman–Crippen MR) is 68.2 cm³/mol. The molecule has 0 aliphatic carbocycles. The van der Waals surface area contributed by atoms with E-state index in [4.69, 9.17) is 0 Å². The van der Waals surface area contributed by atoms with Gasteiger partial charge in [-0.15, -0.1) is 0 Å². The molecular formula is C11H18N4O2S. The molecule has 6 nitrogen and oxygen atoms in total. The molecule has 0 spiro atoms. The largest absolute Gasteiger partial charge is 0.281 e. The standard InChI is InChI=1S/C11H18N4O2S/c1-14(2)18(16,17)15-7-3-4-10(9-15)11-8-12-5-6-13-11/h5-6,8,10H,3-4,7,9H2,1-2H3/t10-/m0/s1. The average molecular weight is 270 g/mol. The third-order valence-electron chi connectivity index (χ3n) is 3.17. The summed E-state index contributed by atoms with van der Waals surface area (Å²) in [7, 11) is -0.209. The maximum Gasteiger partial charge on any atom is 0.281 e. The van der Waals surface area contributed by atoms with Gasteiger partial charge < -0.3 is 0 Å². The van der Waals surface area contributed by atoms with Crippen LogP contribution in [0.15, 0.2) is 18.6 Å². The van der Waals surface area contributed by atoms with Gasteiger partial charge in [0.1, 0.15) is 0 Å². The second-order valence-electron chi connectivity index (χ2n) is 4.62. The average Bonchev–Trinajstić information content (AvgIpc) is 2.40. The SMILES string of the molecule is CN(C)S(=O)(=O)N1CCC[C@H](c2cnccn2)C1. The van der Waals surface area contributed by atoms with Gasteiger partial charge in [-0.25, -0.2) is 0 Å². The lowest BCUT2D eigenvalue weighted by Gasteiger charge is -2.33. The Bertz CT molecular complexity index is 489. The lowest BCUT2D eigenvalue weighted by atomic mass is 9.96. The quantitative estimate of drug-likeness (QED) is 0.800. The Morgan fingerprint density at radius 1 is 1.39 bits per heavy atom. The van der Waals surface area contributed by atoms with Crippen molar-refractivity contribution < 1.29 is 8.42 Å². The van der Waals surface area contributed by atoms with E-state index in [0.717, 1.165) is 18.5 Å². The van der Waals surface area contributed by atoms with Crippen molar-refractivity contribution in [2.45, 2.75) is 18.8 Å². The molecular weight excluding hydrogens is 252 g/mol. The van der Waals surface area contributed by atoms with Crippen LogP contribution >= 0.6 is 0 Å². The molecule has 1 aromatic heterocycles. The summed E-state index contributed by atoms with van der Waals surface area (Å²) in [6, 6.07) is 0. The van der Waals surface area contributed by atoms with Gasteiger partial charge in [-0.3, -0.25) is 9.97 Å². The van der Waals surface area contributed by atoms with Crippen LogP contribution in [0.25, 0.3) is 0 Å². The summed E-state index contributed by atoms with van der Waals surface area (Å²) in [5, 5.41) is 0. The number of hydrogen-bond acceptors (Lipinski definition) is 4. The van der Waals surface area contributed by atoms with Crippen LogP contribution < -0.4 is 0 Å². The number of piperidine rings is 1. The van der Waals surface area contributed by atoms with E-state index in [-0.39, 0.29) is 5.92 Å². The minimum atomic E-state index is -3.32. The van der Waals surface area contributed by atoms with E-state index in [2.05, 4.69) is 9.97 Å². The van der Waals surface area contributed by atoms with Crippen molar-refractivity contribution in [3.8, 4) is 0 Å². The van der Waals surface area contributed by atoms with E-state index in [1.54, 1.807) is 32.7 Å². The molecule has 1 aliphatic rings. The van der Waals surface area contributed by atoms with E-state index in [1.165, 1.54) is 8.61 Å². The molecule has 0 amide bonds. The molecule has 18 heavy (non-hydrogen) atoms. The van der Waals surface area contributed by atoms with Crippen LogP contribution in [0, 0.1) is 0 Å². The summed E-state index contributed by atoms with van der Waals surface area (Å²) in [6.07, 6.45) is 6.80. The van der Waals surface area contributed by atoms with Crippen LogP contribution in [0.4, 0.5) is 0 Å². The van der Waals surface area contributed by atoms with Gasteiger partial charge in [0.15, 0.2) is 0 Å². The molecule has 2 rings (SSSR count). The smallest absolute Gasteiger partial charge is 0.261 e. The van der Waals surface area contributed by atoms with Crippen molar-refractivity contribution in [1.82, 2.24) is 18.6 Å². The second kappa shape index (κ2) is 5.29. The number of aromatic nitrogens is 2. The van der Waals surface area contributed by atoms with Gasteiger partial charge in [0.25, 0.3) is 10.2 Å². The molecule has 0 radical (unpaired) electrons. The zero-order valence-corrected chi connectivity index (χ0v) is 11.5. The Morgan fingerprint density at radius 3 is 2.78 bits per heavy atom. The first-order valence-corrected chi connectivity index (χ1v) is 7.35. The van der Waals surface area contributed by atoms with Gasteiger partial charge in [0.05, 0.1) is 5.69 Å². The maximum atomic E-state index is 12.1. The molecule has 7 heteroatoms. The van der Waals surface area contributed by atoms with Crippen LogP contribution in [0.3, 0.4) is 0 Å². The van der Waals surface area contributed by atoms with Crippen LogP contribution in [0.1, 0.15) is 24.5 Å². The molecule has 0 aromatic carbocycles. The third kappa shape index (κ3) is 2.68. The van der Waals surface area contributed by atoms with Crippen molar-refractivity contribution >= 4 is 10.2 Å². The van der Waals surface area contributed by atoms with Gasteiger partial charge in [0, 0.05) is 51.7 Å². The van der Waals surface area contributed by atoms with E-state index >= 15 is 0 Å². The fourth-order valence-corrected chi connectivity index (χ4v) is 3.34. The fraction of sp³-hybridized carbons (Fsp3) is 0.636. The Labute approximate surface area is 108 Å². The molecule has 1 atom stereocenters. The molecule has 1 aromatic rings. The summed E-state index contributed by atoms with van der Waals surface area (Å²) in [5.41, 5.74) is 0.871. The molecule has 100 valence electrons. The van der Waals surface area contributed by atoms with Crippen LogP contribution in [0.2, 0.25) is 0 Å². The first-order valence-electron chi connectivity index (χ1n) is 5.95. The Balaban J connectivity index is 2.15. The normalized spacial score (nSPS) is 22.3. The minimum absolute atomic E-state index is 0.141. The fourth-order valence-electron chi connectivity index (χ4n) is 2.15. The molecule has 0 saturated carbocycles. The molecule has 2 heterocycles. The maximum absolute atomic E-state index is 12.1. The first-order chi connectivity index (χ1) is 8.51. The first kappa shape index (κ1) is 13.4. The van der Waals surface area contributed by atoms with Gasteiger partial charge in [-0.1, -0.05) is 0 Å². The predicted octanol–water partition coefficient (Wildman–Crippen LogP) is 0.462. The topological polar surface area (TPSA) is 66.4 Å². The zero-order valence-electron chi connectivity index (χ0n) is 10.7. The Morgan fingerprint density at radius 2 is 2.17 bits per heavy atom. The molecule has 1 saturated heterocycles. The Hall–Kier alpha value is -1.05. The van der Waals surface area contributed by atoms with E-state index in [0.29, 0.717) is 13.1 Å². The van der Waals surface area contributed by atoms with Crippen molar-refractivity contribution in [3.63, 3.8) is 0 Å². The molecule has 0 unspecified atom stereocenters. The summed E-state index contributed by atoms with van der Waals surface area (Å²) >= 11 is 0. The molecule has 1 fully saturated rings. The van der Waals surface area contributed by atoms with Crippen LogP contribution in [-0.4, -0.2) is 54.2 Å². The monoisotopic (exact) mass is 270 g/mol. The Kier molecular flexibility index (Phi) is 3.94. The van der Waals surface area contributed by atoms with Gasteiger partial charge in [-0.05, 0) is 12.8 Å². The third-order valence-corrected chi connectivity index (χ3v) is 5.08. The van der Waals surface area contributed by atoms with Crippen molar-refractivity contribution in [3.05, 3.63) is 24.3 Å². The highest BCUT2D eigenvalue weighted by atomic mass is 32.2. The molecule has 1 aliphatic heterocycles. The van der Waals surface area contributed by atoms with Gasteiger partial charge in [-0.2, -0.15) is 17.0 Å². The summed E-state index contributed by atoms with van der Waals surface area (Å²) in [4.78, 5) is 8.31. The lowest BCUT2D eigenvalue weighted by molar-refractivity contribution is 0.296. The van der Waals surface area contributed by atoms with Gasteiger partial charge in [0.2, 0.25) is 0 Å². The molecule has 0 N–H and O–H groups in total. The van der Waals surface area contributed by atoms with Crippen molar-refractivity contribution in [1.29, 1.82) is 0 Å². The lowest BCUT2D eigenvalue weighted by Crippen LogP contribution is -2.45. The summed E-state index contributed by atoms with van der Waals surface area (Å²) in [5.74, 6) is 0.141. The van der Waals surface area contributed by atoms with E-state index in [9.17, 15) is 8.42 Å². The zero-order chi connectivity index (χ0) is 13.2. The number of hydrogen-bond donors (Lipinski definition) is 0. The van der Waals surface area contributed by atoms with Gasteiger partial charge >= 0.3 is 0 Å². The summed E-state index contributed by atoms with van der Waals surface area (Å²) < 4.78 is 26.9. The highest BCUT2D eigenvalue weighted by molar-refractivity contribution is 7.86. The minimum Gasteiger partial charge on any atom is -0.261 e. The number of nitrogens with zero attached hydrogens (tertiary/aromatic N) is 4. The number of rotatable bonds is 3. The second-order valence-corrected chi connectivity index (χ2v) is 6.76. The summed E-state index contributed by atoms with van der Waals surface area (Å²) in [6.45, 7) is 1.07.